The molecule has 3 rings (SSSR count). The average molecular weight is 254 g/mol. The van der Waals surface area contributed by atoms with Gasteiger partial charge < -0.3 is 0 Å². The molecule has 1 aliphatic rings. The molecule has 0 unspecified atom stereocenters. The number of fused-ring (bicyclic) bond motifs is 2. The van der Waals surface area contributed by atoms with E-state index >= 15 is 0 Å². The van der Waals surface area contributed by atoms with Crippen LogP contribution in [0.3, 0.4) is 0 Å². The molecular formula is C16H14OS. The third kappa shape index (κ3) is 1.87. The van der Waals surface area contributed by atoms with Gasteiger partial charge >= 0.3 is 0 Å². The number of carbonyl (C=O) groups is 1. The van der Waals surface area contributed by atoms with Crippen molar-refractivity contribution in [2.75, 3.05) is 5.75 Å². The first-order valence-corrected chi connectivity index (χ1v) is 7.16. The van der Waals surface area contributed by atoms with Crippen molar-refractivity contribution < 1.29 is 4.79 Å². The zero-order valence-electron chi connectivity index (χ0n) is 10.3. The SMILES string of the molecule is CCSc1ccc2c(c1)C(=O)c1ccccc1C2. The van der Waals surface area contributed by atoms with E-state index in [1.165, 1.54) is 4.90 Å². The lowest BCUT2D eigenvalue weighted by atomic mass is 9.85. The normalized spacial score (nSPS) is 13.1. The molecule has 0 radical (unpaired) electrons. The van der Waals surface area contributed by atoms with Crippen molar-refractivity contribution >= 4 is 17.5 Å². The summed E-state index contributed by atoms with van der Waals surface area (Å²) in [7, 11) is 0. The van der Waals surface area contributed by atoms with Crippen molar-refractivity contribution in [3.63, 3.8) is 0 Å². The first kappa shape index (κ1) is 11.5. The molecule has 0 aliphatic heterocycles. The van der Waals surface area contributed by atoms with E-state index in [0.29, 0.717) is 0 Å². The fourth-order valence-electron chi connectivity index (χ4n) is 2.42. The van der Waals surface area contributed by atoms with Crippen LogP contribution in [0.5, 0.6) is 0 Å². The van der Waals surface area contributed by atoms with Gasteiger partial charge in [-0.05, 0) is 35.4 Å². The predicted molar refractivity (Wildman–Crippen MR) is 75.5 cm³/mol. The third-order valence-corrected chi connectivity index (χ3v) is 4.16. The molecule has 0 amide bonds. The van der Waals surface area contributed by atoms with E-state index in [4.69, 9.17) is 0 Å². The lowest BCUT2D eigenvalue weighted by molar-refractivity contribution is 0.103. The van der Waals surface area contributed by atoms with Gasteiger partial charge in [-0.15, -0.1) is 11.8 Å². The highest BCUT2D eigenvalue weighted by molar-refractivity contribution is 7.99. The maximum Gasteiger partial charge on any atom is 0.193 e. The number of carbonyl (C=O) groups excluding carboxylic acids is 1. The summed E-state index contributed by atoms with van der Waals surface area (Å²) in [6.45, 7) is 2.13. The number of hydrogen-bond donors (Lipinski definition) is 0. The minimum Gasteiger partial charge on any atom is -0.289 e. The second-order valence-corrected chi connectivity index (χ2v) is 5.75. The molecule has 0 atom stereocenters. The third-order valence-electron chi connectivity index (χ3n) is 3.28. The van der Waals surface area contributed by atoms with Crippen LogP contribution in [0.25, 0.3) is 0 Å². The number of benzene rings is 2. The number of rotatable bonds is 2. The molecule has 90 valence electrons. The molecule has 0 N–H and O–H groups in total. The number of thioether (sulfide) groups is 1. The highest BCUT2D eigenvalue weighted by atomic mass is 32.2. The summed E-state index contributed by atoms with van der Waals surface area (Å²) in [6.07, 6.45) is 0.869. The van der Waals surface area contributed by atoms with Crippen LogP contribution in [-0.2, 0) is 6.42 Å². The highest BCUT2D eigenvalue weighted by Crippen LogP contribution is 2.30. The van der Waals surface area contributed by atoms with Crippen LogP contribution in [0.2, 0.25) is 0 Å². The Morgan fingerprint density at radius 2 is 1.83 bits per heavy atom. The molecule has 0 bridgehead atoms. The van der Waals surface area contributed by atoms with E-state index in [9.17, 15) is 4.79 Å². The molecule has 0 heterocycles. The molecule has 0 spiro atoms. The van der Waals surface area contributed by atoms with Crippen molar-refractivity contribution in [3.05, 3.63) is 64.7 Å². The van der Waals surface area contributed by atoms with Crippen molar-refractivity contribution in [2.45, 2.75) is 18.2 Å². The molecule has 2 aromatic rings. The zero-order valence-corrected chi connectivity index (χ0v) is 11.1. The molecule has 0 fully saturated rings. The Kier molecular flexibility index (Phi) is 2.96. The maximum atomic E-state index is 12.5. The van der Waals surface area contributed by atoms with Gasteiger partial charge in [0.1, 0.15) is 0 Å². The highest BCUT2D eigenvalue weighted by Gasteiger charge is 2.22. The van der Waals surface area contributed by atoms with Crippen LogP contribution in [0.15, 0.2) is 47.4 Å². The van der Waals surface area contributed by atoms with Crippen LogP contribution in [0.4, 0.5) is 0 Å². The molecule has 0 aromatic heterocycles. The van der Waals surface area contributed by atoms with Gasteiger partial charge in [-0.1, -0.05) is 37.3 Å². The standard InChI is InChI=1S/C16H14OS/c1-2-18-13-8-7-12-9-11-5-3-4-6-14(11)16(17)15(12)10-13/h3-8,10H,2,9H2,1H3. The number of hydrogen-bond acceptors (Lipinski definition) is 2. The Morgan fingerprint density at radius 3 is 2.67 bits per heavy atom. The van der Waals surface area contributed by atoms with Gasteiger partial charge in [0, 0.05) is 16.0 Å². The Bertz CT molecular complexity index is 616. The Balaban J connectivity index is 2.08. The molecule has 1 nitrogen and oxygen atoms in total. The van der Waals surface area contributed by atoms with Crippen LogP contribution < -0.4 is 0 Å². The van der Waals surface area contributed by atoms with Gasteiger partial charge in [-0.2, -0.15) is 0 Å². The first-order chi connectivity index (χ1) is 8.79. The molecule has 0 saturated heterocycles. The zero-order chi connectivity index (χ0) is 12.5. The second-order valence-electron chi connectivity index (χ2n) is 4.42. The van der Waals surface area contributed by atoms with Crippen molar-refractivity contribution in [2.24, 2.45) is 0 Å². The van der Waals surface area contributed by atoms with E-state index in [1.807, 2.05) is 30.3 Å². The van der Waals surface area contributed by atoms with Gasteiger partial charge in [-0.25, -0.2) is 0 Å². The molecule has 18 heavy (non-hydrogen) atoms. The lowest BCUT2D eigenvalue weighted by Crippen LogP contribution is -2.14. The second kappa shape index (κ2) is 4.62. The van der Waals surface area contributed by atoms with Gasteiger partial charge in [0.2, 0.25) is 0 Å². The molecule has 2 aromatic carbocycles. The van der Waals surface area contributed by atoms with Gasteiger partial charge in [0.25, 0.3) is 0 Å². The fourth-order valence-corrected chi connectivity index (χ4v) is 3.12. The van der Waals surface area contributed by atoms with Crippen LogP contribution in [0.1, 0.15) is 34.0 Å². The minimum absolute atomic E-state index is 0.172. The Labute approximate surface area is 111 Å². The summed E-state index contributed by atoms with van der Waals surface area (Å²) >= 11 is 1.78. The molecular weight excluding hydrogens is 240 g/mol. The maximum absolute atomic E-state index is 12.5. The molecule has 0 saturated carbocycles. The summed E-state index contributed by atoms with van der Waals surface area (Å²) in [5, 5.41) is 0. The summed E-state index contributed by atoms with van der Waals surface area (Å²) in [5.41, 5.74) is 4.04. The van der Waals surface area contributed by atoms with Crippen LogP contribution in [0, 0.1) is 0 Å². The van der Waals surface area contributed by atoms with Crippen LogP contribution >= 0.6 is 11.8 Å². The average Bonchev–Trinajstić information content (AvgIpc) is 2.40. The first-order valence-electron chi connectivity index (χ1n) is 6.18. The smallest absolute Gasteiger partial charge is 0.193 e. The van der Waals surface area contributed by atoms with Gasteiger partial charge in [-0.3, -0.25) is 4.79 Å². The van der Waals surface area contributed by atoms with Crippen molar-refractivity contribution in [3.8, 4) is 0 Å². The van der Waals surface area contributed by atoms with Crippen molar-refractivity contribution in [1.82, 2.24) is 0 Å². The van der Waals surface area contributed by atoms with E-state index in [1.54, 1.807) is 11.8 Å². The molecule has 2 heteroatoms. The quantitative estimate of drug-likeness (QED) is 0.644. The van der Waals surface area contributed by atoms with Gasteiger partial charge in [0.05, 0.1) is 0 Å². The predicted octanol–water partition coefficient (Wildman–Crippen LogP) is 3.93. The summed E-state index contributed by atoms with van der Waals surface area (Å²) in [4.78, 5) is 13.6. The summed E-state index contributed by atoms with van der Waals surface area (Å²) < 4.78 is 0. The van der Waals surface area contributed by atoms with E-state index in [2.05, 4.69) is 19.1 Å². The topological polar surface area (TPSA) is 17.1 Å². The summed E-state index contributed by atoms with van der Waals surface area (Å²) in [5.74, 6) is 1.20. The van der Waals surface area contributed by atoms with Crippen LogP contribution in [-0.4, -0.2) is 11.5 Å². The Morgan fingerprint density at radius 1 is 1.06 bits per heavy atom. The van der Waals surface area contributed by atoms with Gasteiger partial charge in [0.15, 0.2) is 5.78 Å². The number of ketones is 1. The molecule has 1 aliphatic carbocycles. The van der Waals surface area contributed by atoms with Crippen molar-refractivity contribution in [1.29, 1.82) is 0 Å². The largest absolute Gasteiger partial charge is 0.289 e. The fraction of sp³-hybridized carbons (Fsp3) is 0.188. The summed E-state index contributed by atoms with van der Waals surface area (Å²) in [6, 6.07) is 14.2. The van der Waals surface area contributed by atoms with E-state index in [0.717, 1.165) is 34.4 Å². The lowest BCUT2D eigenvalue weighted by Gasteiger charge is -2.18. The van der Waals surface area contributed by atoms with E-state index < -0.39 is 0 Å². The minimum atomic E-state index is 0.172. The van der Waals surface area contributed by atoms with E-state index in [-0.39, 0.29) is 5.78 Å². The Hall–Kier alpha value is -1.54. The monoisotopic (exact) mass is 254 g/mol.